The van der Waals surface area contributed by atoms with E-state index in [2.05, 4.69) is 6.92 Å². The Kier molecular flexibility index (Phi) is 6.73. The number of hydrogen-bond donors (Lipinski definition) is 0. The van der Waals surface area contributed by atoms with Gasteiger partial charge in [-0.25, -0.2) is 0 Å². The quantitative estimate of drug-likeness (QED) is 0.752. The maximum atomic E-state index is 11.6. The van der Waals surface area contributed by atoms with E-state index in [0.29, 0.717) is 13.0 Å². The van der Waals surface area contributed by atoms with Crippen LogP contribution in [0.3, 0.4) is 0 Å². The first-order valence-electron chi connectivity index (χ1n) is 7.19. The Morgan fingerprint density at radius 3 is 2.53 bits per heavy atom. The van der Waals surface area contributed by atoms with Crippen LogP contribution in [0.5, 0.6) is 0 Å². The second-order valence-electron chi connectivity index (χ2n) is 5.32. The molecule has 0 N–H and O–H groups in total. The third kappa shape index (κ3) is 5.87. The van der Waals surface area contributed by atoms with Gasteiger partial charge in [0, 0.05) is 6.42 Å². The largest absolute Gasteiger partial charge is 0.352 e. The first-order chi connectivity index (χ1) is 9.24. The Balaban J connectivity index is 1.54. The van der Waals surface area contributed by atoms with E-state index in [1.54, 1.807) is 0 Å². The van der Waals surface area contributed by atoms with Crippen LogP contribution in [0.2, 0.25) is 0 Å². The van der Waals surface area contributed by atoms with Crippen LogP contribution in [-0.4, -0.2) is 36.4 Å². The third-order valence-corrected chi connectivity index (χ3v) is 4.40. The van der Waals surface area contributed by atoms with E-state index in [1.807, 2.05) is 0 Å². The molecule has 2 aliphatic rings. The lowest BCUT2D eigenvalue weighted by molar-refractivity contribution is -0.183. The van der Waals surface area contributed by atoms with Crippen LogP contribution >= 0.6 is 0 Å². The molecule has 1 saturated carbocycles. The Bertz CT molecular complexity index is 272. The first-order valence-corrected chi connectivity index (χ1v) is 8.19. The van der Waals surface area contributed by atoms with Crippen molar-refractivity contribution in [1.82, 2.24) is 0 Å². The number of hydrogen-bond acceptors (Lipinski definition) is 5. The van der Waals surface area contributed by atoms with Crippen molar-refractivity contribution in [2.24, 2.45) is 5.92 Å². The van der Waals surface area contributed by atoms with Crippen molar-refractivity contribution in [3.63, 3.8) is 0 Å². The van der Waals surface area contributed by atoms with Gasteiger partial charge in [-0.1, -0.05) is 6.92 Å². The molecule has 1 saturated heterocycles. The van der Waals surface area contributed by atoms with Crippen molar-refractivity contribution in [3.05, 3.63) is 0 Å². The molecule has 1 atom stereocenters. The van der Waals surface area contributed by atoms with Gasteiger partial charge in [0.2, 0.25) is 0 Å². The second kappa shape index (κ2) is 8.32. The monoisotopic (exact) mass is 292 g/mol. The van der Waals surface area contributed by atoms with Gasteiger partial charge in [0.25, 0.3) is 0 Å². The zero-order valence-corrected chi connectivity index (χ0v) is 12.4. The van der Waals surface area contributed by atoms with Crippen LogP contribution in [0.4, 0.5) is 0 Å². The summed E-state index contributed by atoms with van der Waals surface area (Å²) in [5, 5.41) is 0. The van der Waals surface area contributed by atoms with Crippen molar-refractivity contribution >= 4 is 11.4 Å². The fourth-order valence-corrected chi connectivity index (χ4v) is 3.08. The van der Waals surface area contributed by atoms with Crippen LogP contribution in [0.15, 0.2) is 0 Å². The minimum Gasteiger partial charge on any atom is -0.352 e. The summed E-state index contributed by atoms with van der Waals surface area (Å²) in [5.41, 5.74) is 0. The van der Waals surface area contributed by atoms with Gasteiger partial charge in [0.05, 0.1) is 25.9 Å². The molecule has 1 aliphatic carbocycles. The highest BCUT2D eigenvalue weighted by Crippen LogP contribution is 2.26. The summed E-state index contributed by atoms with van der Waals surface area (Å²) in [6.07, 6.45) is 5.64. The smallest absolute Gasteiger partial charge is 0.304 e. The minimum atomic E-state index is -1.64. The predicted molar refractivity (Wildman–Crippen MR) is 71.5 cm³/mol. The normalized spacial score (nSPS) is 31.2. The summed E-state index contributed by atoms with van der Waals surface area (Å²) in [6.45, 7) is 4.03. The van der Waals surface area contributed by atoms with Crippen LogP contribution in [0, 0.1) is 5.92 Å². The topological polar surface area (TPSA) is 54.0 Å². The molecule has 2 rings (SSSR count). The van der Waals surface area contributed by atoms with Crippen molar-refractivity contribution in [1.29, 1.82) is 0 Å². The molecule has 0 aromatic heterocycles. The molecule has 0 bridgehead atoms. The summed E-state index contributed by atoms with van der Waals surface area (Å²) >= 11 is -1.64. The fraction of sp³-hybridized carbons (Fsp3) is 1.00. The number of rotatable bonds is 6. The molecule has 112 valence electrons. The summed E-state index contributed by atoms with van der Waals surface area (Å²) in [5.74, 6) is 0.759. The standard InChI is InChI=1S/C13H24O5S/c1-11-3-5-12(6-4-11)18-19(14)17-10-7-13-15-8-2-9-16-13/h11-13H,2-10H2,1H3. The lowest BCUT2D eigenvalue weighted by Gasteiger charge is -2.25. The van der Waals surface area contributed by atoms with Crippen molar-refractivity contribution < 1.29 is 22.0 Å². The molecule has 0 aromatic rings. The summed E-state index contributed by atoms with van der Waals surface area (Å²) in [7, 11) is 0. The molecule has 5 nitrogen and oxygen atoms in total. The van der Waals surface area contributed by atoms with Crippen LogP contribution in [-0.2, 0) is 29.2 Å². The molecular formula is C13H24O5S. The van der Waals surface area contributed by atoms with Gasteiger partial charge in [-0.05, 0) is 38.0 Å². The van der Waals surface area contributed by atoms with Crippen LogP contribution in [0.25, 0.3) is 0 Å². The van der Waals surface area contributed by atoms with Gasteiger partial charge >= 0.3 is 11.4 Å². The lowest BCUT2D eigenvalue weighted by Crippen LogP contribution is -2.27. The van der Waals surface area contributed by atoms with E-state index in [-0.39, 0.29) is 12.4 Å². The Labute approximate surface area is 117 Å². The fourth-order valence-electron chi connectivity index (χ4n) is 2.38. The third-order valence-electron chi connectivity index (χ3n) is 3.61. The van der Waals surface area contributed by atoms with Crippen LogP contribution < -0.4 is 0 Å². The maximum Gasteiger partial charge on any atom is 0.304 e. The molecule has 0 spiro atoms. The molecule has 1 heterocycles. The second-order valence-corrected chi connectivity index (χ2v) is 6.15. The van der Waals surface area contributed by atoms with E-state index in [4.69, 9.17) is 17.8 Å². The molecular weight excluding hydrogens is 268 g/mol. The average Bonchev–Trinajstić information content (AvgIpc) is 2.43. The van der Waals surface area contributed by atoms with Crippen molar-refractivity contribution in [2.75, 3.05) is 19.8 Å². The van der Waals surface area contributed by atoms with Crippen molar-refractivity contribution in [3.8, 4) is 0 Å². The highest BCUT2D eigenvalue weighted by Gasteiger charge is 2.21. The van der Waals surface area contributed by atoms with Gasteiger partial charge in [0.15, 0.2) is 6.29 Å². The van der Waals surface area contributed by atoms with Gasteiger partial charge in [-0.2, -0.15) is 4.21 Å². The first kappa shape index (κ1) is 15.4. The zero-order valence-electron chi connectivity index (χ0n) is 11.5. The molecule has 0 radical (unpaired) electrons. The van der Waals surface area contributed by atoms with Gasteiger partial charge in [0.1, 0.15) is 0 Å². The molecule has 0 aromatic carbocycles. The van der Waals surface area contributed by atoms with Gasteiger partial charge in [-0.15, -0.1) is 0 Å². The zero-order chi connectivity index (χ0) is 13.5. The van der Waals surface area contributed by atoms with Crippen LogP contribution in [0.1, 0.15) is 45.4 Å². The van der Waals surface area contributed by atoms with E-state index >= 15 is 0 Å². The molecule has 1 unspecified atom stereocenters. The Morgan fingerprint density at radius 1 is 1.16 bits per heavy atom. The van der Waals surface area contributed by atoms with Crippen molar-refractivity contribution in [2.45, 2.75) is 57.8 Å². The maximum absolute atomic E-state index is 11.6. The van der Waals surface area contributed by atoms with Gasteiger partial charge in [-0.3, -0.25) is 8.37 Å². The molecule has 19 heavy (non-hydrogen) atoms. The summed E-state index contributed by atoms with van der Waals surface area (Å²) in [6, 6.07) is 0. The van der Waals surface area contributed by atoms with E-state index in [9.17, 15) is 4.21 Å². The van der Waals surface area contributed by atoms with E-state index in [0.717, 1.165) is 51.2 Å². The molecule has 2 fully saturated rings. The highest BCUT2D eigenvalue weighted by molar-refractivity contribution is 7.75. The minimum absolute atomic E-state index is 0.0826. The highest BCUT2D eigenvalue weighted by atomic mass is 32.2. The summed E-state index contributed by atoms with van der Waals surface area (Å²) < 4.78 is 32.9. The molecule has 1 aliphatic heterocycles. The average molecular weight is 292 g/mol. The lowest BCUT2D eigenvalue weighted by atomic mass is 9.89. The molecule has 0 amide bonds. The predicted octanol–water partition coefficient (Wildman–Crippen LogP) is 2.33. The summed E-state index contributed by atoms with van der Waals surface area (Å²) in [4.78, 5) is 0. The number of ether oxygens (including phenoxy) is 2. The van der Waals surface area contributed by atoms with E-state index in [1.165, 1.54) is 0 Å². The Morgan fingerprint density at radius 2 is 1.84 bits per heavy atom. The molecule has 6 heteroatoms. The van der Waals surface area contributed by atoms with E-state index < -0.39 is 11.4 Å². The SMILES string of the molecule is CC1CCC(OS(=O)OCCC2OCCCO2)CC1. The van der Waals surface area contributed by atoms with Gasteiger partial charge < -0.3 is 9.47 Å². The Hall–Kier alpha value is -0.0100.